The van der Waals surface area contributed by atoms with E-state index in [2.05, 4.69) is 46.1 Å². The second-order valence-corrected chi connectivity index (χ2v) is 4.84. The van der Waals surface area contributed by atoms with Crippen molar-refractivity contribution in [3.05, 3.63) is 66.1 Å². The average molecular weight is 251 g/mol. The summed E-state index contributed by atoms with van der Waals surface area (Å²) in [4.78, 5) is 4.49. The summed E-state index contributed by atoms with van der Waals surface area (Å²) < 4.78 is 2.19. The molecule has 1 aromatic carbocycles. The van der Waals surface area contributed by atoms with Gasteiger partial charge in [0, 0.05) is 36.1 Å². The molecule has 0 spiro atoms. The number of nitrogens with two attached hydrogens (primary N) is 1. The summed E-state index contributed by atoms with van der Waals surface area (Å²) in [5, 5.41) is 1.18. The highest BCUT2D eigenvalue weighted by Crippen LogP contribution is 2.19. The number of aromatic nitrogens is 2. The highest BCUT2D eigenvalue weighted by molar-refractivity contribution is 5.81. The van der Waals surface area contributed by atoms with Gasteiger partial charge in [0.15, 0.2) is 0 Å². The van der Waals surface area contributed by atoms with Crippen LogP contribution in [0.25, 0.3) is 10.9 Å². The molecule has 2 aromatic heterocycles. The van der Waals surface area contributed by atoms with Crippen LogP contribution in [-0.2, 0) is 6.54 Å². The standard InChI is InChI=1S/C16H17N3/c1-12(17)15-8-4-10-19(15)11-14-6-2-5-13-7-3-9-18-16(13)14/h2-10,12H,11,17H2,1H3. The highest BCUT2D eigenvalue weighted by atomic mass is 15.0. The fourth-order valence-electron chi connectivity index (χ4n) is 2.46. The van der Waals surface area contributed by atoms with Gasteiger partial charge in [-0.2, -0.15) is 0 Å². The molecule has 1 atom stereocenters. The molecule has 19 heavy (non-hydrogen) atoms. The summed E-state index contributed by atoms with van der Waals surface area (Å²) in [6, 6.07) is 14.5. The summed E-state index contributed by atoms with van der Waals surface area (Å²) in [6.07, 6.45) is 3.91. The first-order valence-electron chi connectivity index (χ1n) is 6.49. The second kappa shape index (κ2) is 4.86. The summed E-state index contributed by atoms with van der Waals surface area (Å²) >= 11 is 0. The number of benzene rings is 1. The zero-order valence-electron chi connectivity index (χ0n) is 11.0. The number of hydrogen-bond acceptors (Lipinski definition) is 2. The molecule has 2 N–H and O–H groups in total. The lowest BCUT2D eigenvalue weighted by Crippen LogP contribution is -2.12. The Morgan fingerprint density at radius 3 is 2.84 bits per heavy atom. The van der Waals surface area contributed by atoms with Crippen molar-refractivity contribution in [1.29, 1.82) is 0 Å². The number of nitrogens with zero attached hydrogens (tertiary/aromatic N) is 2. The van der Waals surface area contributed by atoms with Gasteiger partial charge in [-0.25, -0.2) is 0 Å². The zero-order chi connectivity index (χ0) is 13.2. The highest BCUT2D eigenvalue weighted by Gasteiger charge is 2.08. The first kappa shape index (κ1) is 11.9. The molecular formula is C16H17N3. The Balaban J connectivity index is 2.04. The summed E-state index contributed by atoms with van der Waals surface area (Å²) in [5.41, 5.74) is 9.42. The normalized spacial score (nSPS) is 12.7. The van der Waals surface area contributed by atoms with Gasteiger partial charge in [-0.05, 0) is 30.7 Å². The molecule has 0 saturated carbocycles. The minimum atomic E-state index is 0.0398. The maximum atomic E-state index is 5.99. The van der Waals surface area contributed by atoms with Crippen LogP contribution in [0.1, 0.15) is 24.2 Å². The van der Waals surface area contributed by atoms with Crippen molar-refractivity contribution in [1.82, 2.24) is 9.55 Å². The van der Waals surface area contributed by atoms with Gasteiger partial charge in [0.25, 0.3) is 0 Å². The Morgan fingerprint density at radius 2 is 2.00 bits per heavy atom. The third kappa shape index (κ3) is 2.25. The molecule has 0 aliphatic carbocycles. The SMILES string of the molecule is CC(N)c1cccn1Cc1cccc2cccnc12. The van der Waals surface area contributed by atoms with E-state index in [1.54, 1.807) is 0 Å². The maximum absolute atomic E-state index is 5.99. The van der Waals surface area contributed by atoms with Crippen LogP contribution >= 0.6 is 0 Å². The van der Waals surface area contributed by atoms with Crippen molar-refractivity contribution in [2.45, 2.75) is 19.5 Å². The van der Waals surface area contributed by atoms with Crippen LogP contribution in [0.5, 0.6) is 0 Å². The zero-order valence-corrected chi connectivity index (χ0v) is 11.0. The molecule has 1 unspecified atom stereocenters. The Kier molecular flexibility index (Phi) is 3.05. The van der Waals surface area contributed by atoms with Crippen LogP contribution in [0.3, 0.4) is 0 Å². The van der Waals surface area contributed by atoms with Crippen molar-refractivity contribution in [2.24, 2.45) is 5.73 Å². The Hall–Kier alpha value is -2.13. The third-order valence-corrected chi connectivity index (χ3v) is 3.39. The van der Waals surface area contributed by atoms with Crippen LogP contribution in [0.4, 0.5) is 0 Å². The predicted octanol–water partition coefficient (Wildman–Crippen LogP) is 3.10. The molecule has 96 valence electrons. The first-order valence-corrected chi connectivity index (χ1v) is 6.49. The topological polar surface area (TPSA) is 43.8 Å². The van der Waals surface area contributed by atoms with E-state index in [0.717, 1.165) is 17.8 Å². The van der Waals surface area contributed by atoms with Gasteiger partial charge in [-0.15, -0.1) is 0 Å². The van der Waals surface area contributed by atoms with Crippen molar-refractivity contribution < 1.29 is 0 Å². The molecule has 0 amide bonds. The third-order valence-electron chi connectivity index (χ3n) is 3.39. The summed E-state index contributed by atoms with van der Waals surface area (Å²) in [7, 11) is 0. The van der Waals surface area contributed by atoms with Crippen LogP contribution in [0.2, 0.25) is 0 Å². The lowest BCUT2D eigenvalue weighted by atomic mass is 10.1. The molecule has 0 aliphatic heterocycles. The van der Waals surface area contributed by atoms with Crippen LogP contribution in [0.15, 0.2) is 54.9 Å². The monoisotopic (exact) mass is 251 g/mol. The van der Waals surface area contributed by atoms with Gasteiger partial charge in [-0.1, -0.05) is 24.3 Å². The van der Waals surface area contributed by atoms with Gasteiger partial charge < -0.3 is 10.3 Å². The van der Waals surface area contributed by atoms with E-state index in [1.807, 2.05) is 25.3 Å². The summed E-state index contributed by atoms with van der Waals surface area (Å²) in [6.45, 7) is 2.81. The molecule has 3 aromatic rings. The number of pyridine rings is 1. The Morgan fingerprint density at radius 1 is 1.16 bits per heavy atom. The average Bonchev–Trinajstić information content (AvgIpc) is 2.87. The van der Waals surface area contributed by atoms with E-state index >= 15 is 0 Å². The second-order valence-electron chi connectivity index (χ2n) is 4.84. The minimum absolute atomic E-state index is 0.0398. The van der Waals surface area contributed by atoms with Gasteiger partial charge in [0.05, 0.1) is 5.52 Å². The molecule has 3 nitrogen and oxygen atoms in total. The van der Waals surface area contributed by atoms with Crippen LogP contribution in [0, 0.1) is 0 Å². The lowest BCUT2D eigenvalue weighted by molar-refractivity contribution is 0.677. The van der Waals surface area contributed by atoms with Crippen LogP contribution in [-0.4, -0.2) is 9.55 Å². The predicted molar refractivity (Wildman–Crippen MR) is 77.9 cm³/mol. The van der Waals surface area contributed by atoms with Crippen molar-refractivity contribution in [2.75, 3.05) is 0 Å². The molecule has 3 heteroatoms. The van der Waals surface area contributed by atoms with Crippen LogP contribution < -0.4 is 5.73 Å². The van der Waals surface area contributed by atoms with Crippen molar-refractivity contribution >= 4 is 10.9 Å². The quantitative estimate of drug-likeness (QED) is 0.777. The Bertz CT molecular complexity index is 693. The van der Waals surface area contributed by atoms with E-state index < -0.39 is 0 Å². The van der Waals surface area contributed by atoms with Gasteiger partial charge >= 0.3 is 0 Å². The molecule has 2 heterocycles. The molecule has 0 aliphatic rings. The molecule has 0 bridgehead atoms. The largest absolute Gasteiger partial charge is 0.346 e. The van der Waals surface area contributed by atoms with E-state index in [-0.39, 0.29) is 6.04 Å². The number of hydrogen-bond donors (Lipinski definition) is 1. The van der Waals surface area contributed by atoms with Gasteiger partial charge in [-0.3, -0.25) is 4.98 Å². The first-order chi connectivity index (χ1) is 9.25. The van der Waals surface area contributed by atoms with E-state index in [4.69, 9.17) is 5.73 Å². The number of fused-ring (bicyclic) bond motifs is 1. The molecule has 0 radical (unpaired) electrons. The molecular weight excluding hydrogens is 234 g/mol. The van der Waals surface area contributed by atoms with E-state index in [0.29, 0.717) is 0 Å². The lowest BCUT2D eigenvalue weighted by Gasteiger charge is -2.13. The number of para-hydroxylation sites is 1. The fraction of sp³-hybridized carbons (Fsp3) is 0.188. The van der Waals surface area contributed by atoms with Crippen molar-refractivity contribution in [3.63, 3.8) is 0 Å². The smallest absolute Gasteiger partial charge is 0.0751 e. The van der Waals surface area contributed by atoms with E-state index in [1.165, 1.54) is 10.9 Å². The maximum Gasteiger partial charge on any atom is 0.0751 e. The minimum Gasteiger partial charge on any atom is -0.346 e. The molecule has 3 rings (SSSR count). The molecule has 0 fully saturated rings. The fourth-order valence-corrected chi connectivity index (χ4v) is 2.46. The van der Waals surface area contributed by atoms with Gasteiger partial charge in [0.2, 0.25) is 0 Å². The Labute approximate surface area is 112 Å². The van der Waals surface area contributed by atoms with Gasteiger partial charge in [0.1, 0.15) is 0 Å². The molecule has 0 saturated heterocycles. The summed E-state index contributed by atoms with van der Waals surface area (Å²) in [5.74, 6) is 0. The van der Waals surface area contributed by atoms with Crippen molar-refractivity contribution in [3.8, 4) is 0 Å². The number of rotatable bonds is 3. The van der Waals surface area contributed by atoms with E-state index in [9.17, 15) is 0 Å².